The van der Waals surface area contributed by atoms with Gasteiger partial charge in [0.1, 0.15) is 6.61 Å². The molecule has 16 heavy (non-hydrogen) atoms. The number of hydrogen-bond acceptors (Lipinski definition) is 4. The van der Waals surface area contributed by atoms with Crippen LogP contribution >= 0.6 is 0 Å². The van der Waals surface area contributed by atoms with Gasteiger partial charge in [-0.3, -0.25) is 4.79 Å². The average molecular weight is 230 g/mol. The molecule has 0 radical (unpaired) electrons. The second kappa shape index (κ2) is 6.83. The van der Waals surface area contributed by atoms with Crippen LogP contribution in [0.25, 0.3) is 0 Å². The monoisotopic (exact) mass is 230 g/mol. The van der Waals surface area contributed by atoms with Gasteiger partial charge in [-0.2, -0.15) is 0 Å². The molecule has 1 aliphatic carbocycles. The van der Waals surface area contributed by atoms with E-state index in [-0.39, 0.29) is 19.1 Å². The molecule has 0 heterocycles. The number of nitrogens with one attached hydrogen (secondary N) is 1. The van der Waals surface area contributed by atoms with E-state index >= 15 is 0 Å². The van der Waals surface area contributed by atoms with Gasteiger partial charge in [0, 0.05) is 6.54 Å². The van der Waals surface area contributed by atoms with Crippen molar-refractivity contribution in [2.75, 3.05) is 26.4 Å². The quantitative estimate of drug-likeness (QED) is 0.550. The lowest BCUT2D eigenvalue weighted by atomic mass is 9.82. The molecule has 0 aromatic rings. The van der Waals surface area contributed by atoms with E-state index in [0.717, 1.165) is 25.7 Å². The minimum atomic E-state index is -0.415. The largest absolute Gasteiger partial charge is 0.394 e. The molecule has 1 fully saturated rings. The number of nitrogens with two attached hydrogens (primary N) is 1. The van der Waals surface area contributed by atoms with Gasteiger partial charge >= 0.3 is 0 Å². The predicted octanol–water partition coefficient (Wildman–Crippen LogP) is -0.227. The minimum absolute atomic E-state index is 0.00955. The molecule has 0 atom stereocenters. The topological polar surface area (TPSA) is 84.6 Å². The smallest absolute Gasteiger partial charge is 0.246 e. The Bertz CT molecular complexity index is 215. The van der Waals surface area contributed by atoms with Crippen molar-refractivity contribution >= 4 is 5.91 Å². The normalized spacial score (nSPS) is 19.4. The Morgan fingerprint density at radius 2 is 2.06 bits per heavy atom. The fourth-order valence-electron chi connectivity index (χ4n) is 2.13. The maximum atomic E-state index is 11.6. The van der Waals surface area contributed by atoms with E-state index in [9.17, 15) is 9.90 Å². The zero-order chi connectivity index (χ0) is 11.9. The molecule has 0 unspecified atom stereocenters. The van der Waals surface area contributed by atoms with E-state index in [1.165, 1.54) is 6.42 Å². The molecule has 0 spiro atoms. The number of amides is 1. The summed E-state index contributed by atoms with van der Waals surface area (Å²) in [5, 5.41) is 12.3. The highest BCUT2D eigenvalue weighted by molar-refractivity contribution is 5.78. The van der Waals surface area contributed by atoms with Gasteiger partial charge in [-0.15, -0.1) is 0 Å². The Morgan fingerprint density at radius 1 is 1.38 bits per heavy atom. The first-order valence-electron chi connectivity index (χ1n) is 5.92. The summed E-state index contributed by atoms with van der Waals surface area (Å²) >= 11 is 0. The lowest BCUT2D eigenvalue weighted by molar-refractivity contribution is -0.128. The standard InChI is InChI=1S/C11H22N2O3/c12-6-7-16-8-10(15)13-11(9-14)4-2-1-3-5-11/h14H,1-9,12H2,(H,13,15). The molecule has 1 saturated carbocycles. The third kappa shape index (κ3) is 4.08. The van der Waals surface area contributed by atoms with Crippen LogP contribution < -0.4 is 11.1 Å². The first kappa shape index (κ1) is 13.4. The fraction of sp³-hybridized carbons (Fsp3) is 0.909. The van der Waals surface area contributed by atoms with Gasteiger partial charge in [-0.25, -0.2) is 0 Å². The zero-order valence-electron chi connectivity index (χ0n) is 9.71. The van der Waals surface area contributed by atoms with Gasteiger partial charge in [0.05, 0.1) is 18.8 Å². The maximum absolute atomic E-state index is 11.6. The summed E-state index contributed by atoms with van der Waals surface area (Å²) in [5.74, 6) is -0.163. The van der Waals surface area contributed by atoms with Crippen molar-refractivity contribution in [3.8, 4) is 0 Å². The van der Waals surface area contributed by atoms with Crippen molar-refractivity contribution in [2.24, 2.45) is 5.73 Å². The lowest BCUT2D eigenvalue weighted by Gasteiger charge is -2.36. The number of carbonyl (C=O) groups excluding carboxylic acids is 1. The Labute approximate surface area is 96.3 Å². The number of carbonyl (C=O) groups is 1. The van der Waals surface area contributed by atoms with Crippen molar-refractivity contribution in [1.29, 1.82) is 0 Å². The van der Waals surface area contributed by atoms with Gasteiger partial charge < -0.3 is 20.9 Å². The molecule has 1 rings (SSSR count). The van der Waals surface area contributed by atoms with Gasteiger partial charge in [-0.1, -0.05) is 19.3 Å². The van der Waals surface area contributed by atoms with E-state index < -0.39 is 5.54 Å². The van der Waals surface area contributed by atoms with Crippen molar-refractivity contribution < 1.29 is 14.6 Å². The molecule has 94 valence electrons. The Morgan fingerprint density at radius 3 is 2.62 bits per heavy atom. The zero-order valence-corrected chi connectivity index (χ0v) is 9.71. The number of aliphatic hydroxyl groups excluding tert-OH is 1. The summed E-state index contributed by atoms with van der Waals surface area (Å²) in [6, 6.07) is 0. The summed E-state index contributed by atoms with van der Waals surface area (Å²) in [6.07, 6.45) is 5.01. The third-order valence-corrected chi connectivity index (χ3v) is 3.01. The van der Waals surface area contributed by atoms with Crippen molar-refractivity contribution in [1.82, 2.24) is 5.32 Å². The number of hydrogen-bond donors (Lipinski definition) is 3. The number of rotatable bonds is 6. The summed E-state index contributed by atoms with van der Waals surface area (Å²) in [5.41, 5.74) is 4.84. The third-order valence-electron chi connectivity index (χ3n) is 3.01. The first-order chi connectivity index (χ1) is 7.72. The van der Waals surface area contributed by atoms with Gasteiger partial charge in [0.15, 0.2) is 0 Å². The Balaban J connectivity index is 2.33. The summed E-state index contributed by atoms with van der Waals surface area (Å²) in [7, 11) is 0. The molecule has 0 aromatic heterocycles. The van der Waals surface area contributed by atoms with Crippen molar-refractivity contribution in [3.05, 3.63) is 0 Å². The summed E-state index contributed by atoms with van der Waals surface area (Å²) in [6.45, 7) is 0.840. The van der Waals surface area contributed by atoms with Crippen LogP contribution in [0.3, 0.4) is 0 Å². The van der Waals surface area contributed by atoms with Crippen LogP contribution in [-0.4, -0.2) is 42.9 Å². The molecule has 0 saturated heterocycles. The fourth-order valence-corrected chi connectivity index (χ4v) is 2.13. The summed E-state index contributed by atoms with van der Waals surface area (Å²) < 4.78 is 5.06. The lowest BCUT2D eigenvalue weighted by Crippen LogP contribution is -2.53. The average Bonchev–Trinajstić information content (AvgIpc) is 2.30. The summed E-state index contributed by atoms with van der Waals surface area (Å²) in [4.78, 5) is 11.6. The van der Waals surface area contributed by atoms with Crippen molar-refractivity contribution in [3.63, 3.8) is 0 Å². The van der Waals surface area contributed by atoms with Crippen LogP contribution in [0.15, 0.2) is 0 Å². The van der Waals surface area contributed by atoms with Gasteiger partial charge in [0.25, 0.3) is 0 Å². The second-order valence-electron chi connectivity index (χ2n) is 4.39. The molecule has 0 bridgehead atoms. The molecule has 4 N–H and O–H groups in total. The van der Waals surface area contributed by atoms with Crippen LogP contribution in [0, 0.1) is 0 Å². The Kier molecular flexibility index (Phi) is 5.73. The molecule has 1 amide bonds. The van der Waals surface area contributed by atoms with Crippen LogP contribution in [-0.2, 0) is 9.53 Å². The van der Waals surface area contributed by atoms with Crippen LogP contribution in [0.4, 0.5) is 0 Å². The molecule has 5 nitrogen and oxygen atoms in total. The Hall–Kier alpha value is -0.650. The van der Waals surface area contributed by atoms with E-state index in [1.807, 2.05) is 0 Å². The van der Waals surface area contributed by atoms with Gasteiger partial charge in [-0.05, 0) is 12.8 Å². The highest BCUT2D eigenvalue weighted by atomic mass is 16.5. The van der Waals surface area contributed by atoms with E-state index in [1.54, 1.807) is 0 Å². The van der Waals surface area contributed by atoms with Crippen LogP contribution in [0.5, 0.6) is 0 Å². The highest BCUT2D eigenvalue weighted by Gasteiger charge is 2.32. The molecule has 0 aromatic carbocycles. The highest BCUT2D eigenvalue weighted by Crippen LogP contribution is 2.27. The predicted molar refractivity (Wildman–Crippen MR) is 60.9 cm³/mol. The molecular formula is C11H22N2O3. The first-order valence-corrected chi connectivity index (χ1v) is 5.92. The number of ether oxygens (including phenoxy) is 1. The van der Waals surface area contributed by atoms with E-state index in [2.05, 4.69) is 5.32 Å². The van der Waals surface area contributed by atoms with E-state index in [4.69, 9.17) is 10.5 Å². The molecule has 0 aliphatic heterocycles. The molecule has 5 heteroatoms. The molecule has 1 aliphatic rings. The minimum Gasteiger partial charge on any atom is -0.394 e. The second-order valence-corrected chi connectivity index (χ2v) is 4.39. The van der Waals surface area contributed by atoms with E-state index in [0.29, 0.717) is 13.2 Å². The molecular weight excluding hydrogens is 208 g/mol. The SMILES string of the molecule is NCCOCC(=O)NC1(CO)CCCCC1. The number of aliphatic hydroxyl groups is 1. The maximum Gasteiger partial charge on any atom is 0.246 e. The van der Waals surface area contributed by atoms with Crippen LogP contribution in [0.2, 0.25) is 0 Å². The van der Waals surface area contributed by atoms with Gasteiger partial charge in [0.2, 0.25) is 5.91 Å². The van der Waals surface area contributed by atoms with Crippen molar-refractivity contribution in [2.45, 2.75) is 37.6 Å². The van der Waals surface area contributed by atoms with Crippen LogP contribution in [0.1, 0.15) is 32.1 Å².